The average molecular weight is 403 g/mol. The molecule has 0 fully saturated rings. The first-order chi connectivity index (χ1) is 13.5. The quantitative estimate of drug-likeness (QED) is 0.274. The number of hydrazine groups is 1. The van der Waals surface area contributed by atoms with Crippen LogP contribution in [0, 0.1) is 29.6 Å². The number of esters is 1. The van der Waals surface area contributed by atoms with Gasteiger partial charge < -0.3 is 4.74 Å². The molecule has 0 aromatic heterocycles. The van der Waals surface area contributed by atoms with Crippen LogP contribution < -0.4 is 11.3 Å². The molecular formula is C24H38N2O3. The van der Waals surface area contributed by atoms with Crippen LogP contribution in [0.15, 0.2) is 36.4 Å². The zero-order chi connectivity index (χ0) is 22.2. The number of hydrogen-bond donors (Lipinski definition) is 2. The van der Waals surface area contributed by atoms with Gasteiger partial charge in [-0.15, -0.1) is 0 Å². The van der Waals surface area contributed by atoms with E-state index in [-0.39, 0.29) is 23.7 Å². The summed E-state index contributed by atoms with van der Waals surface area (Å²) in [6.45, 7) is 13.6. The fourth-order valence-electron chi connectivity index (χ4n) is 3.62. The van der Waals surface area contributed by atoms with Crippen molar-refractivity contribution in [3.8, 4) is 0 Å². The molecule has 0 radical (unpaired) electrons. The minimum atomic E-state index is -0.637. The molecule has 0 saturated carbocycles. The van der Waals surface area contributed by atoms with Crippen molar-refractivity contribution in [2.75, 3.05) is 0 Å². The van der Waals surface area contributed by atoms with Gasteiger partial charge in [-0.25, -0.2) is 5.84 Å². The number of amides is 1. The molecule has 0 aliphatic rings. The summed E-state index contributed by atoms with van der Waals surface area (Å²) >= 11 is 0. The molecule has 0 aliphatic carbocycles. The first kappa shape index (κ1) is 24.9. The number of carbonyl (C=O) groups is 2. The van der Waals surface area contributed by atoms with Gasteiger partial charge in [0, 0.05) is 0 Å². The lowest BCUT2D eigenvalue weighted by Gasteiger charge is -2.34. The van der Waals surface area contributed by atoms with Crippen molar-refractivity contribution in [2.24, 2.45) is 35.4 Å². The molecule has 162 valence electrons. The highest BCUT2D eigenvalue weighted by Gasteiger charge is 2.42. The maximum Gasteiger partial charge on any atom is 0.310 e. The number of benzene rings is 1. The maximum absolute atomic E-state index is 13.3. The lowest BCUT2D eigenvalue weighted by molar-refractivity contribution is -0.167. The molecule has 5 nitrogen and oxygen atoms in total. The van der Waals surface area contributed by atoms with Crippen molar-refractivity contribution < 1.29 is 14.3 Å². The standard InChI is InChI=1S/C24H38N2O3/c1-16(2)15-19(14-13-18-11-9-8-10-12-18)21(23(28)29-24(5,6)7)20(17(3)4)22(27)26-25/h8-14,16-17,19-21H,15,25H2,1-7H3,(H,26,27)/b14-13+/t19?,20-,21+/m1/s1. The molecule has 1 aromatic rings. The van der Waals surface area contributed by atoms with Crippen LogP contribution in [0.5, 0.6) is 0 Å². The largest absolute Gasteiger partial charge is 0.460 e. The summed E-state index contributed by atoms with van der Waals surface area (Å²) < 4.78 is 5.75. The number of nitrogens with one attached hydrogen (secondary N) is 1. The predicted octanol–water partition coefficient (Wildman–Crippen LogP) is 4.58. The van der Waals surface area contributed by atoms with E-state index in [2.05, 4.69) is 19.3 Å². The Bertz CT molecular complexity index is 675. The summed E-state index contributed by atoms with van der Waals surface area (Å²) in [5.74, 6) is 3.69. The lowest BCUT2D eigenvalue weighted by atomic mass is 9.72. The third-order valence-corrected chi connectivity index (χ3v) is 4.77. The molecule has 1 rings (SSSR count). The van der Waals surface area contributed by atoms with Gasteiger partial charge in [0.25, 0.3) is 0 Å². The molecule has 29 heavy (non-hydrogen) atoms. The number of hydrogen-bond acceptors (Lipinski definition) is 4. The van der Waals surface area contributed by atoms with Gasteiger partial charge in [0.15, 0.2) is 0 Å². The van der Waals surface area contributed by atoms with Gasteiger partial charge in [-0.05, 0) is 50.5 Å². The highest BCUT2D eigenvalue weighted by molar-refractivity contribution is 5.85. The second-order valence-corrected chi connectivity index (χ2v) is 9.40. The van der Waals surface area contributed by atoms with Crippen molar-refractivity contribution in [1.82, 2.24) is 5.43 Å². The van der Waals surface area contributed by atoms with Crippen molar-refractivity contribution in [1.29, 1.82) is 0 Å². The Kier molecular flexibility index (Phi) is 9.57. The Labute approximate surface area is 176 Å². The average Bonchev–Trinajstić information content (AvgIpc) is 2.61. The molecule has 3 N–H and O–H groups in total. The molecule has 5 heteroatoms. The summed E-state index contributed by atoms with van der Waals surface area (Å²) in [6, 6.07) is 9.94. The normalized spacial score (nSPS) is 15.4. The van der Waals surface area contributed by atoms with E-state index in [0.717, 1.165) is 12.0 Å². The van der Waals surface area contributed by atoms with Gasteiger partial charge >= 0.3 is 5.97 Å². The Morgan fingerprint density at radius 1 is 1.07 bits per heavy atom. The van der Waals surface area contributed by atoms with Crippen LogP contribution in [-0.4, -0.2) is 17.5 Å². The molecule has 1 unspecified atom stereocenters. The molecule has 0 heterocycles. The second kappa shape index (κ2) is 11.1. The fourth-order valence-corrected chi connectivity index (χ4v) is 3.62. The molecule has 0 aliphatic heterocycles. The van der Waals surface area contributed by atoms with Crippen molar-refractivity contribution >= 4 is 18.0 Å². The molecule has 1 aromatic carbocycles. The Balaban J connectivity index is 3.41. The molecule has 0 saturated heterocycles. The van der Waals surface area contributed by atoms with Crippen LogP contribution in [0.4, 0.5) is 0 Å². The highest BCUT2D eigenvalue weighted by atomic mass is 16.6. The van der Waals surface area contributed by atoms with Gasteiger partial charge in [0.2, 0.25) is 5.91 Å². The van der Waals surface area contributed by atoms with Crippen molar-refractivity contribution in [2.45, 2.75) is 60.5 Å². The second-order valence-electron chi connectivity index (χ2n) is 9.40. The summed E-state index contributed by atoms with van der Waals surface area (Å²) in [4.78, 5) is 25.9. The van der Waals surface area contributed by atoms with Crippen LogP contribution >= 0.6 is 0 Å². The zero-order valence-corrected chi connectivity index (χ0v) is 18.9. The van der Waals surface area contributed by atoms with E-state index < -0.39 is 17.4 Å². The third-order valence-electron chi connectivity index (χ3n) is 4.77. The number of nitrogens with two attached hydrogens (primary N) is 1. The Hall–Kier alpha value is -2.14. The minimum absolute atomic E-state index is 0.0733. The van der Waals surface area contributed by atoms with E-state index in [0.29, 0.717) is 5.92 Å². The van der Waals surface area contributed by atoms with Crippen LogP contribution in [0.3, 0.4) is 0 Å². The summed E-state index contributed by atoms with van der Waals surface area (Å²) in [6.07, 6.45) is 4.82. The van der Waals surface area contributed by atoms with Crippen molar-refractivity contribution in [3.05, 3.63) is 42.0 Å². The smallest absolute Gasteiger partial charge is 0.310 e. The number of ether oxygens (including phenoxy) is 1. The Morgan fingerprint density at radius 2 is 1.66 bits per heavy atom. The van der Waals surface area contributed by atoms with Gasteiger partial charge in [0.05, 0.1) is 11.8 Å². The molecule has 0 bridgehead atoms. The van der Waals surface area contributed by atoms with Gasteiger partial charge in [-0.3, -0.25) is 15.0 Å². The first-order valence-electron chi connectivity index (χ1n) is 10.4. The van der Waals surface area contributed by atoms with Crippen LogP contribution in [0.2, 0.25) is 0 Å². The van der Waals surface area contributed by atoms with E-state index in [1.54, 1.807) is 0 Å². The molecule has 3 atom stereocenters. The first-order valence-corrected chi connectivity index (χ1v) is 10.4. The third kappa shape index (κ3) is 8.40. The van der Waals surface area contributed by atoms with Crippen molar-refractivity contribution in [3.63, 3.8) is 0 Å². The lowest BCUT2D eigenvalue weighted by Crippen LogP contribution is -2.47. The topological polar surface area (TPSA) is 81.4 Å². The number of carbonyl (C=O) groups excluding carboxylic acids is 2. The van der Waals surface area contributed by atoms with Gasteiger partial charge in [-0.2, -0.15) is 0 Å². The van der Waals surface area contributed by atoms with Gasteiger partial charge in [-0.1, -0.05) is 70.2 Å². The van der Waals surface area contributed by atoms with E-state index >= 15 is 0 Å². The SMILES string of the molecule is CC(C)CC(/C=C/c1ccccc1)[C@H](C(=O)OC(C)(C)C)[C@H](C(=O)NN)C(C)C. The van der Waals surface area contributed by atoms with Crippen LogP contribution in [0.1, 0.15) is 60.5 Å². The Morgan fingerprint density at radius 3 is 2.10 bits per heavy atom. The fraction of sp³-hybridized carbons (Fsp3) is 0.583. The maximum atomic E-state index is 13.3. The molecule has 0 spiro atoms. The monoisotopic (exact) mass is 402 g/mol. The summed E-state index contributed by atoms with van der Waals surface area (Å²) in [5, 5.41) is 0. The van der Waals surface area contributed by atoms with Gasteiger partial charge in [0.1, 0.15) is 5.60 Å². The summed E-state index contributed by atoms with van der Waals surface area (Å²) in [7, 11) is 0. The summed E-state index contributed by atoms with van der Waals surface area (Å²) in [5.41, 5.74) is 2.67. The van der Waals surface area contributed by atoms with Crippen LogP contribution in [-0.2, 0) is 14.3 Å². The molecule has 1 amide bonds. The van der Waals surface area contributed by atoms with E-state index in [1.807, 2.05) is 77.1 Å². The highest BCUT2D eigenvalue weighted by Crippen LogP contribution is 2.35. The van der Waals surface area contributed by atoms with E-state index in [9.17, 15) is 9.59 Å². The van der Waals surface area contributed by atoms with E-state index in [1.165, 1.54) is 0 Å². The number of allylic oxidation sites excluding steroid dienone is 1. The zero-order valence-electron chi connectivity index (χ0n) is 18.9. The minimum Gasteiger partial charge on any atom is -0.460 e. The predicted molar refractivity (Wildman–Crippen MR) is 118 cm³/mol. The molecular weight excluding hydrogens is 364 g/mol. The van der Waals surface area contributed by atoms with E-state index in [4.69, 9.17) is 10.6 Å². The van der Waals surface area contributed by atoms with Crippen LogP contribution in [0.25, 0.3) is 6.08 Å². The number of rotatable bonds is 9.